The zero-order valence-electron chi connectivity index (χ0n) is 32.9. The van der Waals surface area contributed by atoms with E-state index in [1.165, 1.54) is 28.8 Å². The lowest BCUT2D eigenvalue weighted by atomic mass is 9.90. The number of nitrogens with zero attached hydrogens (tertiary/aromatic N) is 4. The molecule has 2 aromatic carbocycles. The van der Waals surface area contributed by atoms with Crippen LogP contribution in [0.1, 0.15) is 76.2 Å². The van der Waals surface area contributed by atoms with E-state index in [4.69, 9.17) is 9.15 Å². The standard InChI is InChI=1S/C43H42F3N5O8S2/c44-43(45,46)26-14-12-24(13-15-26)38-48-36-30-10-6-7-11-33(30)59-37(36)39(49-38)58-28-19-31-32(52)21-42(41(55)50-61(56,57)29-16-17-29)20-27(42)9-5-3-1-2-4-8-25(40(54)51(31)22-28)18-35-47-34(53)23-60-35/h5-7,9-15,25,27-29,31H,1-4,8,16-23H2,(H,50,55)/b9-5-/t25-,27-,28-,31+,42-/m1/s1. The third-order valence-corrected chi connectivity index (χ3v) is 15.1. The van der Waals surface area contributed by atoms with Crippen LogP contribution in [0.15, 0.2) is 70.1 Å². The van der Waals surface area contributed by atoms with Gasteiger partial charge in [-0.3, -0.25) is 23.9 Å². The minimum atomic E-state index is -4.55. The third-order valence-electron chi connectivity index (χ3n) is 12.3. The molecule has 61 heavy (non-hydrogen) atoms. The average molecular weight is 878 g/mol. The molecule has 0 radical (unpaired) electrons. The van der Waals surface area contributed by atoms with Gasteiger partial charge in [-0.1, -0.05) is 49.3 Å². The van der Waals surface area contributed by atoms with Gasteiger partial charge in [0.1, 0.15) is 17.2 Å². The van der Waals surface area contributed by atoms with Crippen LogP contribution in [0.3, 0.4) is 0 Å². The van der Waals surface area contributed by atoms with Gasteiger partial charge in [-0.2, -0.15) is 18.2 Å². The lowest BCUT2D eigenvalue weighted by Gasteiger charge is -2.29. The molecule has 2 saturated carbocycles. The molecule has 1 saturated heterocycles. The first-order chi connectivity index (χ1) is 29.2. The molecular weight excluding hydrogens is 836 g/mol. The Morgan fingerprint density at radius 1 is 1.02 bits per heavy atom. The Bertz CT molecular complexity index is 2610. The Kier molecular flexibility index (Phi) is 10.8. The molecule has 2 aliphatic carbocycles. The summed E-state index contributed by atoms with van der Waals surface area (Å²) in [7, 11) is -3.91. The zero-order valence-corrected chi connectivity index (χ0v) is 34.5. The van der Waals surface area contributed by atoms with Gasteiger partial charge in [-0.15, -0.1) is 11.8 Å². The molecule has 0 spiro atoms. The first kappa shape index (κ1) is 41.3. The van der Waals surface area contributed by atoms with Crippen LogP contribution in [0.4, 0.5) is 13.2 Å². The van der Waals surface area contributed by atoms with Crippen molar-refractivity contribution in [2.45, 2.75) is 94.2 Å². The highest BCUT2D eigenvalue weighted by molar-refractivity contribution is 8.15. The lowest BCUT2D eigenvalue weighted by molar-refractivity contribution is -0.142. The van der Waals surface area contributed by atoms with E-state index in [0.717, 1.165) is 25.0 Å². The number of aromatic nitrogens is 2. The topological polar surface area (TPSA) is 178 Å². The van der Waals surface area contributed by atoms with Crippen LogP contribution in [-0.4, -0.2) is 81.5 Å². The van der Waals surface area contributed by atoms with E-state index in [1.807, 2.05) is 12.2 Å². The Morgan fingerprint density at radius 2 is 1.80 bits per heavy atom. The number of rotatable bonds is 8. The van der Waals surface area contributed by atoms with Crippen molar-refractivity contribution in [3.05, 3.63) is 66.2 Å². The van der Waals surface area contributed by atoms with Gasteiger partial charge in [0.25, 0.3) is 11.8 Å². The van der Waals surface area contributed by atoms with E-state index >= 15 is 0 Å². The van der Waals surface area contributed by atoms with Gasteiger partial charge >= 0.3 is 6.18 Å². The largest absolute Gasteiger partial charge is 0.470 e. The number of halogens is 3. The van der Waals surface area contributed by atoms with E-state index < -0.39 is 62.2 Å². The summed E-state index contributed by atoms with van der Waals surface area (Å²) < 4.78 is 81.3. The minimum absolute atomic E-state index is 0.00854. The highest BCUT2D eigenvalue weighted by Crippen LogP contribution is 2.57. The van der Waals surface area contributed by atoms with Crippen molar-refractivity contribution in [3.8, 4) is 17.3 Å². The number of aliphatic imine (C=N–C) groups is 1. The van der Waals surface area contributed by atoms with Crippen molar-refractivity contribution >= 4 is 72.4 Å². The summed E-state index contributed by atoms with van der Waals surface area (Å²) in [6.07, 6.45) is 3.08. The third kappa shape index (κ3) is 8.44. The van der Waals surface area contributed by atoms with Crippen LogP contribution >= 0.6 is 11.8 Å². The quantitative estimate of drug-likeness (QED) is 0.177. The van der Waals surface area contributed by atoms with Gasteiger partial charge < -0.3 is 14.1 Å². The SMILES string of the molecule is O=C1CSC(C[C@H]2CCCCC/C=C\[C@@H]3C[C@@]3(C(=O)NS(=O)(=O)C3CC3)CC(=O)[C@@H]3C[C@@H](Oc4nc(-c5ccc(C(F)(F)F)cc5)nc5c4oc4ccccc45)CN3C2=O)=N1. The van der Waals surface area contributed by atoms with Crippen LogP contribution in [0.25, 0.3) is 33.5 Å². The summed E-state index contributed by atoms with van der Waals surface area (Å²) in [6.45, 7) is -0.0653. The molecule has 2 aromatic heterocycles. The van der Waals surface area contributed by atoms with Crippen LogP contribution in [0.2, 0.25) is 0 Å². The fourth-order valence-electron chi connectivity index (χ4n) is 8.73. The highest BCUT2D eigenvalue weighted by atomic mass is 32.2. The Hall–Kier alpha value is -5.10. The van der Waals surface area contributed by atoms with Crippen LogP contribution in [-0.2, 0) is 35.4 Å². The number of ketones is 1. The molecule has 1 N–H and O–H groups in total. The maximum absolute atomic E-state index is 14.8. The average Bonchev–Trinajstić information content (AvgIpc) is 4.07. The number of amides is 3. The van der Waals surface area contributed by atoms with E-state index in [2.05, 4.69) is 19.7 Å². The number of ether oxygens (including phenoxy) is 1. The summed E-state index contributed by atoms with van der Waals surface area (Å²) in [4.78, 5) is 70.4. The van der Waals surface area contributed by atoms with Gasteiger partial charge in [-0.05, 0) is 68.7 Å². The van der Waals surface area contributed by atoms with E-state index in [9.17, 15) is 40.8 Å². The summed E-state index contributed by atoms with van der Waals surface area (Å²) in [5.41, 5.74) is -0.905. The molecule has 0 unspecified atom stereocenters. The molecule has 18 heteroatoms. The molecule has 0 bridgehead atoms. The van der Waals surface area contributed by atoms with E-state index in [1.54, 1.807) is 24.3 Å². The van der Waals surface area contributed by atoms with Gasteiger partial charge in [0.2, 0.25) is 27.4 Å². The number of hydrogen-bond acceptors (Lipinski definition) is 11. The van der Waals surface area contributed by atoms with Crippen LogP contribution in [0.5, 0.6) is 5.88 Å². The number of furan rings is 1. The second kappa shape index (κ2) is 16.0. The summed E-state index contributed by atoms with van der Waals surface area (Å²) in [5, 5.41) is 0.516. The molecule has 3 amide bonds. The van der Waals surface area contributed by atoms with Crippen molar-refractivity contribution in [3.63, 3.8) is 0 Å². The minimum Gasteiger partial charge on any atom is -0.470 e. The fourth-order valence-corrected chi connectivity index (χ4v) is 11.0. The number of sulfonamides is 1. The molecule has 5 heterocycles. The number of carbonyl (C=O) groups is 4. The van der Waals surface area contributed by atoms with Crippen molar-refractivity contribution in [2.24, 2.45) is 22.2 Å². The molecule has 3 fully saturated rings. The highest BCUT2D eigenvalue weighted by Gasteiger charge is 2.61. The number of hydrogen-bond donors (Lipinski definition) is 1. The normalized spacial score (nSPS) is 27.0. The Balaban J connectivity index is 1.07. The molecule has 4 aromatic rings. The molecule has 9 rings (SSSR count). The first-order valence-corrected chi connectivity index (χ1v) is 23.0. The molecule has 5 aliphatic rings. The maximum atomic E-state index is 14.8. The molecule has 13 nitrogen and oxygen atoms in total. The second-order valence-corrected chi connectivity index (χ2v) is 19.6. The Labute approximate surface area is 353 Å². The number of fused-ring (bicyclic) bond motifs is 5. The number of allylic oxidation sites excluding steroid dienone is 2. The number of para-hydroxylation sites is 1. The fraction of sp³-hybridized carbons (Fsp3) is 0.465. The number of Topliss-reactive ketones (excluding diaryl/α,β-unsaturated/α-hetero) is 1. The van der Waals surface area contributed by atoms with Crippen molar-refractivity contribution in [1.29, 1.82) is 0 Å². The van der Waals surface area contributed by atoms with Gasteiger partial charge in [0.05, 0.1) is 39.6 Å². The van der Waals surface area contributed by atoms with Crippen LogP contribution < -0.4 is 9.46 Å². The predicted molar refractivity (Wildman–Crippen MR) is 220 cm³/mol. The maximum Gasteiger partial charge on any atom is 0.416 e. The number of thioether (sulfide) groups is 1. The second-order valence-electron chi connectivity index (χ2n) is 16.6. The molecular formula is C43H42F3N5O8S2. The molecule has 320 valence electrons. The van der Waals surface area contributed by atoms with Crippen LogP contribution in [0, 0.1) is 17.3 Å². The molecule has 5 atom stereocenters. The zero-order chi connectivity index (χ0) is 42.7. The van der Waals surface area contributed by atoms with Crippen molar-refractivity contribution < 1.29 is 49.9 Å². The van der Waals surface area contributed by atoms with E-state index in [0.29, 0.717) is 53.6 Å². The summed E-state index contributed by atoms with van der Waals surface area (Å²) in [6, 6.07) is 10.4. The Morgan fingerprint density at radius 3 is 2.54 bits per heavy atom. The number of nitrogens with one attached hydrogen (secondary N) is 1. The van der Waals surface area contributed by atoms with Gasteiger partial charge in [0.15, 0.2) is 11.6 Å². The van der Waals surface area contributed by atoms with Gasteiger partial charge in [0, 0.05) is 36.1 Å². The van der Waals surface area contributed by atoms with Gasteiger partial charge in [-0.25, -0.2) is 18.4 Å². The lowest BCUT2D eigenvalue weighted by Crippen LogP contribution is -2.46. The molecule has 3 aliphatic heterocycles. The monoisotopic (exact) mass is 877 g/mol. The number of alkyl halides is 3. The first-order valence-electron chi connectivity index (χ1n) is 20.5. The summed E-state index contributed by atoms with van der Waals surface area (Å²) in [5.74, 6) is -2.53. The summed E-state index contributed by atoms with van der Waals surface area (Å²) >= 11 is 1.29. The smallest absolute Gasteiger partial charge is 0.416 e. The number of benzene rings is 2. The number of carbonyl (C=O) groups excluding carboxylic acids is 4. The van der Waals surface area contributed by atoms with Crippen molar-refractivity contribution in [2.75, 3.05) is 12.3 Å². The predicted octanol–water partition coefficient (Wildman–Crippen LogP) is 7.18. The van der Waals surface area contributed by atoms with E-state index in [-0.39, 0.29) is 78.6 Å². The van der Waals surface area contributed by atoms with Crippen molar-refractivity contribution in [1.82, 2.24) is 19.6 Å².